The second kappa shape index (κ2) is 7.85. The largest absolute Gasteiger partial charge is 0.484 e. The summed E-state index contributed by atoms with van der Waals surface area (Å²) >= 11 is 0. The van der Waals surface area contributed by atoms with Gasteiger partial charge in [0.05, 0.1) is 16.9 Å². The molecule has 1 rings (SSSR count). The fraction of sp³-hybridized carbons (Fsp3) is 0.429. The summed E-state index contributed by atoms with van der Waals surface area (Å²) in [6.07, 6.45) is 0. The third kappa shape index (κ3) is 5.10. The summed E-state index contributed by atoms with van der Waals surface area (Å²) in [4.78, 5) is 23.5. The number of rotatable bonds is 7. The van der Waals surface area contributed by atoms with Crippen LogP contribution in [-0.4, -0.2) is 35.4 Å². The Morgan fingerprint density at radius 1 is 1.48 bits per heavy atom. The number of benzene rings is 1. The summed E-state index contributed by atoms with van der Waals surface area (Å²) in [5.74, 6) is -0.0791. The molecule has 0 bridgehead atoms. The molecule has 7 heteroatoms. The first-order valence-corrected chi connectivity index (χ1v) is 6.52. The van der Waals surface area contributed by atoms with E-state index < -0.39 is 4.92 Å². The van der Waals surface area contributed by atoms with Crippen molar-refractivity contribution in [2.45, 2.75) is 13.8 Å². The van der Waals surface area contributed by atoms with Gasteiger partial charge in [0.25, 0.3) is 11.6 Å². The van der Waals surface area contributed by atoms with Gasteiger partial charge in [0.2, 0.25) is 0 Å². The molecule has 0 aliphatic carbocycles. The van der Waals surface area contributed by atoms with E-state index in [-0.39, 0.29) is 24.1 Å². The summed E-state index contributed by atoms with van der Waals surface area (Å²) in [6.45, 7) is 4.26. The molecule has 0 aliphatic rings. The molecule has 0 fully saturated rings. The topological polar surface area (TPSA) is 96.5 Å². The maximum absolute atomic E-state index is 12.0. The Balaban J connectivity index is 2.55. The molecule has 0 aliphatic heterocycles. The van der Waals surface area contributed by atoms with E-state index in [0.29, 0.717) is 18.8 Å². The first-order chi connectivity index (χ1) is 9.97. The van der Waals surface area contributed by atoms with Crippen molar-refractivity contribution < 1.29 is 14.5 Å². The Bertz CT molecular complexity index is 536. The molecule has 0 heterocycles. The number of nitro benzene ring substituents is 1. The molecule has 7 nitrogen and oxygen atoms in total. The summed E-state index contributed by atoms with van der Waals surface area (Å²) in [5.41, 5.74) is -0.0355. The zero-order chi connectivity index (χ0) is 15.8. The quantitative estimate of drug-likeness (QED) is 0.565. The minimum Gasteiger partial charge on any atom is -0.484 e. The highest BCUT2D eigenvalue weighted by molar-refractivity contribution is 5.77. The summed E-state index contributed by atoms with van der Waals surface area (Å²) in [7, 11) is 0. The number of nitro groups is 1. The van der Waals surface area contributed by atoms with Gasteiger partial charge < -0.3 is 9.64 Å². The van der Waals surface area contributed by atoms with Crippen LogP contribution < -0.4 is 4.74 Å². The molecule has 21 heavy (non-hydrogen) atoms. The molecule has 0 saturated heterocycles. The maximum Gasteiger partial charge on any atom is 0.269 e. The molecular formula is C14H17N3O4. The van der Waals surface area contributed by atoms with Gasteiger partial charge >= 0.3 is 0 Å². The summed E-state index contributed by atoms with van der Waals surface area (Å²) < 4.78 is 5.30. The van der Waals surface area contributed by atoms with E-state index in [0.717, 1.165) is 0 Å². The second-order valence-electron chi connectivity index (χ2n) is 4.50. The van der Waals surface area contributed by atoms with Crippen LogP contribution in [0.2, 0.25) is 0 Å². The minimum absolute atomic E-state index is 0.0355. The maximum atomic E-state index is 12.0. The molecule has 0 saturated carbocycles. The molecule has 0 aromatic heterocycles. The highest BCUT2D eigenvalue weighted by Crippen LogP contribution is 2.17. The van der Waals surface area contributed by atoms with Gasteiger partial charge in [-0.2, -0.15) is 5.26 Å². The highest BCUT2D eigenvalue weighted by Gasteiger charge is 2.15. The fourth-order valence-corrected chi connectivity index (χ4v) is 1.68. The van der Waals surface area contributed by atoms with Crippen LogP contribution in [0.5, 0.6) is 5.75 Å². The van der Waals surface area contributed by atoms with Crippen molar-refractivity contribution in [3.8, 4) is 11.8 Å². The fourth-order valence-electron chi connectivity index (χ4n) is 1.68. The average molecular weight is 291 g/mol. The van der Waals surface area contributed by atoms with Crippen LogP contribution in [0.4, 0.5) is 5.69 Å². The van der Waals surface area contributed by atoms with Gasteiger partial charge in [0, 0.05) is 25.2 Å². The van der Waals surface area contributed by atoms with Crippen LogP contribution in [0, 0.1) is 27.4 Å². The van der Waals surface area contributed by atoms with Gasteiger partial charge in [0.1, 0.15) is 5.75 Å². The van der Waals surface area contributed by atoms with Gasteiger partial charge in [-0.05, 0) is 26.0 Å². The number of non-ortho nitro benzene ring substituents is 1. The van der Waals surface area contributed by atoms with Gasteiger partial charge in [-0.15, -0.1) is 0 Å². The van der Waals surface area contributed by atoms with E-state index in [1.165, 1.54) is 24.3 Å². The number of likely N-dealkylation sites (N-methyl/N-ethyl adjacent to an activating group) is 1. The van der Waals surface area contributed by atoms with Crippen molar-refractivity contribution >= 4 is 11.6 Å². The second-order valence-corrected chi connectivity index (χ2v) is 4.50. The molecule has 1 aromatic rings. The Morgan fingerprint density at radius 3 is 2.57 bits per heavy atom. The predicted octanol–water partition coefficient (Wildman–Crippen LogP) is 1.98. The molecule has 1 unspecified atom stereocenters. The number of amides is 1. The van der Waals surface area contributed by atoms with Crippen molar-refractivity contribution in [3.63, 3.8) is 0 Å². The highest BCUT2D eigenvalue weighted by atomic mass is 16.6. The van der Waals surface area contributed by atoms with E-state index in [1.807, 2.05) is 6.92 Å². The lowest BCUT2D eigenvalue weighted by Crippen LogP contribution is -2.37. The van der Waals surface area contributed by atoms with E-state index in [4.69, 9.17) is 10.00 Å². The molecule has 0 radical (unpaired) electrons. The lowest BCUT2D eigenvalue weighted by Gasteiger charge is -2.21. The van der Waals surface area contributed by atoms with Gasteiger partial charge in [-0.25, -0.2) is 0 Å². The Kier molecular flexibility index (Phi) is 6.14. The molecule has 1 amide bonds. The number of nitriles is 1. The SMILES string of the molecule is CCN(CC(C)C#N)C(=O)COc1ccc([N+](=O)[O-])cc1. The number of carbonyl (C=O) groups excluding carboxylic acids is 1. The van der Waals surface area contributed by atoms with Crippen LogP contribution in [-0.2, 0) is 4.79 Å². The average Bonchev–Trinajstić information content (AvgIpc) is 2.50. The number of nitrogens with zero attached hydrogens (tertiary/aromatic N) is 3. The van der Waals surface area contributed by atoms with E-state index in [9.17, 15) is 14.9 Å². The van der Waals surface area contributed by atoms with Crippen molar-refractivity contribution in [2.24, 2.45) is 5.92 Å². The van der Waals surface area contributed by atoms with Crippen LogP contribution >= 0.6 is 0 Å². The minimum atomic E-state index is -0.503. The van der Waals surface area contributed by atoms with E-state index >= 15 is 0 Å². The van der Waals surface area contributed by atoms with E-state index in [2.05, 4.69) is 6.07 Å². The molecule has 112 valence electrons. The summed E-state index contributed by atoms with van der Waals surface area (Å²) in [6, 6.07) is 7.59. The molecule has 0 spiro atoms. The summed E-state index contributed by atoms with van der Waals surface area (Å²) in [5, 5.41) is 19.3. The number of carbonyl (C=O) groups is 1. The molecular weight excluding hydrogens is 274 g/mol. The lowest BCUT2D eigenvalue weighted by molar-refractivity contribution is -0.384. The standard InChI is InChI=1S/C14H17N3O4/c1-3-16(9-11(2)8-15)14(18)10-21-13-6-4-12(5-7-13)17(19)20/h4-7,11H,3,9-10H2,1-2H3. The van der Waals surface area contributed by atoms with Gasteiger partial charge in [0.15, 0.2) is 6.61 Å². The van der Waals surface area contributed by atoms with Crippen LogP contribution in [0.25, 0.3) is 0 Å². The number of ether oxygens (including phenoxy) is 1. The lowest BCUT2D eigenvalue weighted by atomic mass is 10.2. The first-order valence-electron chi connectivity index (χ1n) is 6.52. The molecule has 1 atom stereocenters. The Morgan fingerprint density at radius 2 is 2.10 bits per heavy atom. The van der Waals surface area contributed by atoms with Gasteiger partial charge in [-0.1, -0.05) is 0 Å². The van der Waals surface area contributed by atoms with Gasteiger partial charge in [-0.3, -0.25) is 14.9 Å². The third-order valence-corrected chi connectivity index (χ3v) is 2.86. The Labute approximate surface area is 122 Å². The van der Waals surface area contributed by atoms with E-state index in [1.54, 1.807) is 11.8 Å². The van der Waals surface area contributed by atoms with Crippen molar-refractivity contribution in [3.05, 3.63) is 34.4 Å². The van der Waals surface area contributed by atoms with Crippen LogP contribution in [0.3, 0.4) is 0 Å². The smallest absolute Gasteiger partial charge is 0.269 e. The number of hydrogen-bond donors (Lipinski definition) is 0. The van der Waals surface area contributed by atoms with Crippen LogP contribution in [0.15, 0.2) is 24.3 Å². The Hall–Kier alpha value is -2.62. The zero-order valence-electron chi connectivity index (χ0n) is 12.0. The monoisotopic (exact) mass is 291 g/mol. The van der Waals surface area contributed by atoms with Crippen LogP contribution in [0.1, 0.15) is 13.8 Å². The van der Waals surface area contributed by atoms with Crippen molar-refractivity contribution in [1.29, 1.82) is 5.26 Å². The zero-order valence-corrected chi connectivity index (χ0v) is 12.0. The molecule has 0 N–H and O–H groups in total. The first kappa shape index (κ1) is 16.4. The predicted molar refractivity (Wildman–Crippen MR) is 75.6 cm³/mol. The molecule has 1 aromatic carbocycles. The normalized spacial score (nSPS) is 11.3. The third-order valence-electron chi connectivity index (χ3n) is 2.86. The van der Waals surface area contributed by atoms with Crippen molar-refractivity contribution in [1.82, 2.24) is 4.90 Å². The van der Waals surface area contributed by atoms with Crippen molar-refractivity contribution in [2.75, 3.05) is 19.7 Å². The number of hydrogen-bond acceptors (Lipinski definition) is 5.